The number of nitrogens with zero attached hydrogens (tertiary/aromatic N) is 2. The fourth-order valence-corrected chi connectivity index (χ4v) is 4.56. The maximum atomic E-state index is 15.2. The van der Waals surface area contributed by atoms with E-state index in [1.54, 1.807) is 26.8 Å². The largest absolute Gasteiger partial charge is 0.444 e. The molecule has 3 unspecified atom stereocenters. The van der Waals surface area contributed by atoms with Crippen molar-refractivity contribution in [2.24, 2.45) is 0 Å². The molecule has 33 heavy (non-hydrogen) atoms. The van der Waals surface area contributed by atoms with Crippen molar-refractivity contribution < 1.29 is 33.4 Å². The molecule has 2 N–H and O–H groups in total. The highest BCUT2D eigenvalue weighted by molar-refractivity contribution is 6.05. The number of halogens is 1. The Balaban J connectivity index is 1.50. The smallest absolute Gasteiger partial charge is 0.410 e. The predicted molar refractivity (Wildman–Crippen MR) is 114 cm³/mol. The van der Waals surface area contributed by atoms with Gasteiger partial charge in [-0.05, 0) is 44.4 Å². The molecule has 4 amide bonds. The number of amides is 4. The summed E-state index contributed by atoms with van der Waals surface area (Å²) in [6.45, 7) is 5.10. The van der Waals surface area contributed by atoms with Gasteiger partial charge in [0, 0.05) is 31.5 Å². The van der Waals surface area contributed by atoms with E-state index in [9.17, 15) is 24.3 Å². The Morgan fingerprint density at radius 2 is 2.00 bits per heavy atom. The normalized spacial score (nSPS) is 28.0. The average molecular weight is 461 g/mol. The number of piperidine rings is 2. The molecule has 0 saturated carbocycles. The Morgan fingerprint density at radius 3 is 2.64 bits per heavy atom. The van der Waals surface area contributed by atoms with Crippen molar-refractivity contribution >= 4 is 23.8 Å². The molecule has 2 fully saturated rings. The third kappa shape index (κ3) is 4.31. The lowest BCUT2D eigenvalue weighted by molar-refractivity contribution is -0.136. The van der Waals surface area contributed by atoms with Gasteiger partial charge in [-0.3, -0.25) is 19.7 Å². The zero-order chi connectivity index (χ0) is 24.1. The van der Waals surface area contributed by atoms with Crippen molar-refractivity contribution in [3.63, 3.8) is 0 Å². The highest BCUT2D eigenvalue weighted by Crippen LogP contribution is 2.38. The summed E-state index contributed by atoms with van der Waals surface area (Å²) in [5, 5.41) is 13.4. The number of hydrogen-bond donors (Lipinski definition) is 2. The third-order valence-corrected chi connectivity index (χ3v) is 6.34. The molecule has 9 nitrogen and oxygen atoms in total. The van der Waals surface area contributed by atoms with Crippen LogP contribution < -0.4 is 5.32 Å². The number of aliphatic hydroxyl groups is 1. The van der Waals surface area contributed by atoms with E-state index in [4.69, 9.17) is 4.74 Å². The van der Waals surface area contributed by atoms with E-state index < -0.39 is 35.4 Å². The van der Waals surface area contributed by atoms with Gasteiger partial charge in [-0.1, -0.05) is 12.1 Å². The molecule has 0 radical (unpaired) electrons. The van der Waals surface area contributed by atoms with Gasteiger partial charge in [-0.15, -0.1) is 0 Å². The second-order valence-corrected chi connectivity index (χ2v) is 9.84. The van der Waals surface area contributed by atoms with E-state index in [1.807, 2.05) is 0 Å². The van der Waals surface area contributed by atoms with Crippen molar-refractivity contribution in [1.29, 1.82) is 0 Å². The Morgan fingerprint density at radius 1 is 1.27 bits per heavy atom. The van der Waals surface area contributed by atoms with E-state index in [0.717, 1.165) is 0 Å². The van der Waals surface area contributed by atoms with Gasteiger partial charge in [-0.2, -0.15) is 0 Å². The Labute approximate surface area is 190 Å². The first-order chi connectivity index (χ1) is 15.4. The highest BCUT2D eigenvalue weighted by Gasteiger charge is 2.46. The van der Waals surface area contributed by atoms with E-state index >= 15 is 4.39 Å². The van der Waals surface area contributed by atoms with Gasteiger partial charge in [0.1, 0.15) is 17.2 Å². The topological polar surface area (TPSA) is 116 Å². The number of carbonyl (C=O) groups excluding carboxylic acids is 4. The maximum absolute atomic E-state index is 15.2. The number of hydrogen-bond acceptors (Lipinski definition) is 6. The molecule has 0 aliphatic carbocycles. The first kappa shape index (κ1) is 23.2. The predicted octanol–water partition coefficient (Wildman–Crippen LogP) is 1.61. The molecule has 0 spiro atoms. The molecule has 3 aliphatic heterocycles. The molecule has 178 valence electrons. The summed E-state index contributed by atoms with van der Waals surface area (Å²) in [5.74, 6) is -1.21. The quantitative estimate of drug-likeness (QED) is 0.647. The van der Waals surface area contributed by atoms with Gasteiger partial charge in [0.25, 0.3) is 5.91 Å². The number of nitrogens with one attached hydrogen (secondary N) is 1. The van der Waals surface area contributed by atoms with Crippen LogP contribution in [0.1, 0.15) is 61.5 Å². The van der Waals surface area contributed by atoms with Crippen LogP contribution in [0.2, 0.25) is 0 Å². The second kappa shape index (κ2) is 8.09. The average Bonchev–Trinajstić information content (AvgIpc) is 3.04. The minimum atomic E-state index is -1.82. The second-order valence-electron chi connectivity index (χ2n) is 9.84. The lowest BCUT2D eigenvalue weighted by atomic mass is 9.82. The first-order valence-corrected chi connectivity index (χ1v) is 11.0. The number of carbonyl (C=O) groups is 4. The van der Waals surface area contributed by atoms with Crippen LogP contribution in [-0.4, -0.2) is 69.6 Å². The zero-order valence-electron chi connectivity index (χ0n) is 18.9. The summed E-state index contributed by atoms with van der Waals surface area (Å²) in [6, 6.07) is 3.89. The summed E-state index contributed by atoms with van der Waals surface area (Å²) in [5.41, 5.74) is -1.25. The molecule has 3 atom stereocenters. The van der Waals surface area contributed by atoms with Crippen molar-refractivity contribution in [2.75, 3.05) is 13.1 Å². The van der Waals surface area contributed by atoms with Crippen LogP contribution in [-0.2, 0) is 26.5 Å². The molecule has 1 aromatic carbocycles. The third-order valence-electron chi connectivity index (χ3n) is 6.34. The van der Waals surface area contributed by atoms with E-state index in [-0.39, 0.29) is 50.7 Å². The van der Waals surface area contributed by atoms with Crippen LogP contribution >= 0.6 is 0 Å². The number of fused-ring (bicyclic) bond motifs is 1. The molecule has 0 aromatic heterocycles. The summed E-state index contributed by atoms with van der Waals surface area (Å²) >= 11 is 0. The molecule has 10 heteroatoms. The molecular formula is C23H28FN3O6. The fourth-order valence-electron chi connectivity index (χ4n) is 4.56. The molecule has 3 heterocycles. The number of ether oxygens (including phenoxy) is 1. The van der Waals surface area contributed by atoms with Gasteiger partial charge < -0.3 is 19.6 Å². The molecule has 1 aromatic rings. The van der Waals surface area contributed by atoms with Crippen LogP contribution in [0.3, 0.4) is 0 Å². The Kier molecular flexibility index (Phi) is 5.68. The fraction of sp³-hybridized carbons (Fsp3) is 0.565. The number of imide groups is 1. The van der Waals surface area contributed by atoms with Crippen LogP contribution in [0.25, 0.3) is 0 Å². The molecule has 4 rings (SSSR count). The molecule has 2 saturated heterocycles. The van der Waals surface area contributed by atoms with Gasteiger partial charge in [0.15, 0.2) is 6.17 Å². The summed E-state index contributed by atoms with van der Waals surface area (Å²) in [4.78, 5) is 51.4. The lowest BCUT2D eigenvalue weighted by Gasteiger charge is -2.41. The van der Waals surface area contributed by atoms with Crippen molar-refractivity contribution in [2.45, 2.75) is 70.0 Å². The first-order valence-electron chi connectivity index (χ1n) is 11.0. The summed E-state index contributed by atoms with van der Waals surface area (Å²) in [7, 11) is 0. The SMILES string of the molecule is CC(C)(C)OC(=O)N1CCC(O)(c2ccc3c(c2)CN(C2CCC(=O)NC2=O)C3=O)C(F)C1. The van der Waals surface area contributed by atoms with Crippen LogP contribution in [0, 0.1) is 0 Å². The number of likely N-dealkylation sites (tertiary alicyclic amines) is 1. The molecule has 3 aliphatic rings. The van der Waals surface area contributed by atoms with Crippen LogP contribution in [0.4, 0.5) is 9.18 Å². The number of alkyl halides is 1. The summed E-state index contributed by atoms with van der Waals surface area (Å²) in [6.07, 6.45) is -2.02. The number of rotatable bonds is 2. The van der Waals surface area contributed by atoms with E-state index in [2.05, 4.69) is 5.32 Å². The van der Waals surface area contributed by atoms with Crippen molar-refractivity contribution in [3.8, 4) is 0 Å². The van der Waals surface area contributed by atoms with Gasteiger partial charge in [-0.25, -0.2) is 9.18 Å². The highest BCUT2D eigenvalue weighted by atomic mass is 19.1. The lowest BCUT2D eigenvalue weighted by Crippen LogP contribution is -2.54. The van der Waals surface area contributed by atoms with Crippen molar-refractivity contribution in [1.82, 2.24) is 15.1 Å². The minimum absolute atomic E-state index is 0.0308. The Bertz CT molecular complexity index is 1020. The van der Waals surface area contributed by atoms with Crippen LogP contribution in [0.5, 0.6) is 0 Å². The Hall–Kier alpha value is -3.01. The van der Waals surface area contributed by atoms with E-state index in [0.29, 0.717) is 16.7 Å². The molecule has 0 bridgehead atoms. The number of benzene rings is 1. The summed E-state index contributed by atoms with van der Waals surface area (Å²) < 4.78 is 20.5. The molecular weight excluding hydrogens is 433 g/mol. The van der Waals surface area contributed by atoms with Crippen molar-refractivity contribution in [3.05, 3.63) is 34.9 Å². The standard InChI is InChI=1S/C23H28FN3O6/c1-22(2,3)33-21(31)26-9-8-23(32,17(24)12-26)14-4-5-15-13(10-14)11-27(20(15)30)16-6-7-18(28)25-19(16)29/h4-5,10,16-17,32H,6-9,11-12H2,1-3H3,(H,25,28,29). The minimum Gasteiger partial charge on any atom is -0.444 e. The van der Waals surface area contributed by atoms with E-state index in [1.165, 1.54) is 21.9 Å². The van der Waals surface area contributed by atoms with Gasteiger partial charge >= 0.3 is 6.09 Å². The van der Waals surface area contributed by atoms with Crippen LogP contribution in [0.15, 0.2) is 18.2 Å². The van der Waals surface area contributed by atoms with Gasteiger partial charge in [0.05, 0.1) is 6.54 Å². The zero-order valence-corrected chi connectivity index (χ0v) is 18.9. The monoisotopic (exact) mass is 461 g/mol. The van der Waals surface area contributed by atoms with Gasteiger partial charge in [0.2, 0.25) is 11.8 Å². The maximum Gasteiger partial charge on any atom is 0.410 e.